The van der Waals surface area contributed by atoms with Gasteiger partial charge in [0.15, 0.2) is 0 Å². The van der Waals surface area contributed by atoms with Crippen molar-refractivity contribution >= 4 is 40.0 Å². The van der Waals surface area contributed by atoms with E-state index >= 15 is 0 Å². The van der Waals surface area contributed by atoms with Gasteiger partial charge in [-0.05, 0) is 70.8 Å². The zero-order chi connectivity index (χ0) is 34.6. The minimum absolute atomic E-state index is 0.238. The van der Waals surface area contributed by atoms with Crippen LogP contribution in [0.3, 0.4) is 0 Å². The van der Waals surface area contributed by atoms with Gasteiger partial charge in [0.2, 0.25) is 0 Å². The van der Waals surface area contributed by atoms with Crippen LogP contribution < -0.4 is 10.7 Å². The lowest BCUT2D eigenvalue weighted by atomic mass is 9.99. The van der Waals surface area contributed by atoms with Crippen molar-refractivity contribution in [2.75, 3.05) is 0 Å². The number of fused-ring (bicyclic) bond motifs is 2. The van der Waals surface area contributed by atoms with E-state index in [1.807, 2.05) is 24.3 Å². The number of benzene rings is 4. The van der Waals surface area contributed by atoms with E-state index in [1.165, 1.54) is 0 Å². The Kier molecular flexibility index (Phi) is 7.03. The third-order valence-corrected chi connectivity index (χ3v) is 10.3. The van der Waals surface area contributed by atoms with Crippen LogP contribution in [-0.2, 0) is 4.79 Å². The van der Waals surface area contributed by atoms with Gasteiger partial charge in [-0.25, -0.2) is 9.98 Å². The molecule has 0 N–H and O–H groups in total. The maximum absolute atomic E-state index is 13.1. The molecule has 0 spiro atoms. The van der Waals surface area contributed by atoms with Gasteiger partial charge in [-0.15, -0.1) is 0 Å². The number of hydrogen-bond acceptors (Lipinski definition) is 3. The van der Waals surface area contributed by atoms with Crippen LogP contribution in [0, 0.1) is 0 Å². The van der Waals surface area contributed by atoms with Crippen molar-refractivity contribution in [2.45, 2.75) is 12.6 Å². The normalized spacial score (nSPS) is 21.9. The second-order valence-corrected chi connectivity index (χ2v) is 13.2. The Hall–Kier alpha value is -6.85. The standard InChI is InChI=1S/C47H32N4O/c52-30-29-43-50-39-25-26-40(50)46(33-17-9-3-10-18-33)37-23-24-38(49-37)47(34-19-11-4-12-20-34)42-28-27-41(51(42)43)45(32-15-7-2-8-16-32)36-22-21-35(48-36)44(39)31-13-5-1-6-14-31/h1-28,30,43H,29H2/b44-35-,44-39?,45-36?,45-41-,46-37-,46-40?,47-38?,47-42-. The number of carbonyl (C=O) groups is 1. The lowest BCUT2D eigenvalue weighted by Gasteiger charge is -2.29. The van der Waals surface area contributed by atoms with Crippen LogP contribution in [0.25, 0.3) is 22.3 Å². The van der Waals surface area contributed by atoms with Gasteiger partial charge in [0.05, 0.1) is 44.9 Å². The van der Waals surface area contributed by atoms with E-state index in [9.17, 15) is 4.79 Å². The highest BCUT2D eigenvalue weighted by Gasteiger charge is 2.32. The van der Waals surface area contributed by atoms with Crippen molar-refractivity contribution < 1.29 is 4.79 Å². The molecule has 5 heteroatoms. The lowest BCUT2D eigenvalue weighted by Crippen LogP contribution is -2.40. The SMILES string of the molecule is O=CCC1n2c3ccc2/C(c2ccccc2)=C2/C=CC(=N2)/C(c2ccccc2)=c2/cc/c(n21)=C(\c1ccccc1)C1=N/C(=C\3c2ccccc2)C=C1. The molecule has 0 fully saturated rings. The summed E-state index contributed by atoms with van der Waals surface area (Å²) in [5, 5.41) is 1.96. The van der Waals surface area contributed by atoms with Crippen LogP contribution in [0.5, 0.6) is 0 Å². The summed E-state index contributed by atoms with van der Waals surface area (Å²) in [6.07, 6.45) is 9.41. The van der Waals surface area contributed by atoms with E-state index in [0.29, 0.717) is 0 Å². The number of rotatable bonds is 6. The van der Waals surface area contributed by atoms with Gasteiger partial charge in [-0.3, -0.25) is 0 Å². The predicted molar refractivity (Wildman–Crippen MR) is 209 cm³/mol. The second-order valence-electron chi connectivity index (χ2n) is 13.2. The quantitative estimate of drug-likeness (QED) is 0.167. The molecule has 10 rings (SSSR count). The fourth-order valence-corrected chi connectivity index (χ4v) is 8.17. The van der Waals surface area contributed by atoms with E-state index in [-0.39, 0.29) is 6.42 Å². The number of aliphatic imine (C=N–C) groups is 2. The fourth-order valence-electron chi connectivity index (χ4n) is 8.17. The summed E-state index contributed by atoms with van der Waals surface area (Å²) in [7, 11) is 0. The Morgan fingerprint density at radius 1 is 0.442 bits per heavy atom. The molecule has 1 unspecified atom stereocenters. The van der Waals surface area contributed by atoms with Crippen molar-refractivity contribution in [3.8, 4) is 0 Å². The van der Waals surface area contributed by atoms with Crippen LogP contribution in [-0.4, -0.2) is 26.8 Å². The number of nitrogens with zero attached hydrogens (tertiary/aromatic N) is 4. The minimum Gasteiger partial charge on any atom is -0.318 e. The van der Waals surface area contributed by atoms with E-state index in [4.69, 9.17) is 9.98 Å². The zero-order valence-corrected chi connectivity index (χ0v) is 28.2. The molecular formula is C47H32N4O. The third kappa shape index (κ3) is 4.67. The molecule has 1 atom stereocenters. The summed E-state index contributed by atoms with van der Waals surface area (Å²) in [6, 6.07) is 50.7. The number of aromatic nitrogens is 2. The fraction of sp³-hybridized carbons (Fsp3) is 0.0426. The van der Waals surface area contributed by atoms with Gasteiger partial charge in [-0.1, -0.05) is 121 Å². The molecule has 0 saturated heterocycles. The molecule has 0 aliphatic carbocycles. The first-order valence-corrected chi connectivity index (χ1v) is 17.6. The van der Waals surface area contributed by atoms with Crippen molar-refractivity contribution in [2.24, 2.45) is 9.98 Å². The van der Waals surface area contributed by atoms with Crippen molar-refractivity contribution in [1.29, 1.82) is 0 Å². The number of allylic oxidation sites excluding steroid dienone is 4. The lowest BCUT2D eigenvalue weighted by molar-refractivity contribution is -0.108. The monoisotopic (exact) mass is 668 g/mol. The largest absolute Gasteiger partial charge is 0.318 e. The number of carbonyl (C=O) groups excluding carboxylic acids is 1. The average molecular weight is 669 g/mol. The summed E-state index contributed by atoms with van der Waals surface area (Å²) in [5.74, 6) is 0. The Labute approximate surface area is 301 Å². The number of aldehydes is 1. The molecule has 0 amide bonds. The molecule has 52 heavy (non-hydrogen) atoms. The first-order chi connectivity index (χ1) is 25.8. The summed E-state index contributed by atoms with van der Waals surface area (Å²) in [6.45, 7) is 0. The first-order valence-electron chi connectivity index (χ1n) is 17.6. The summed E-state index contributed by atoms with van der Waals surface area (Å²) in [4.78, 5) is 24.0. The van der Waals surface area contributed by atoms with Crippen LogP contribution in [0.15, 0.2) is 191 Å². The first kappa shape index (κ1) is 30.0. The Morgan fingerprint density at radius 3 is 1.21 bits per heavy atom. The molecule has 4 aliphatic rings. The van der Waals surface area contributed by atoms with Crippen LogP contribution in [0.4, 0.5) is 0 Å². The molecule has 5 nitrogen and oxygen atoms in total. The Balaban J connectivity index is 1.48. The second kappa shape index (κ2) is 12.2. The molecule has 6 aromatic rings. The molecule has 6 heterocycles. The smallest absolute Gasteiger partial charge is 0.123 e. The minimum atomic E-state index is -0.440. The Morgan fingerprint density at radius 2 is 0.827 bits per heavy atom. The zero-order valence-electron chi connectivity index (χ0n) is 28.2. The van der Waals surface area contributed by atoms with Crippen LogP contribution >= 0.6 is 0 Å². The van der Waals surface area contributed by atoms with Crippen molar-refractivity contribution in [1.82, 2.24) is 9.13 Å². The van der Waals surface area contributed by atoms with Gasteiger partial charge in [-0.2, -0.15) is 0 Å². The van der Waals surface area contributed by atoms with Gasteiger partial charge >= 0.3 is 0 Å². The van der Waals surface area contributed by atoms with Gasteiger partial charge in [0, 0.05) is 28.7 Å². The molecule has 0 saturated carbocycles. The predicted octanol–water partition coefficient (Wildman–Crippen LogP) is 7.89. The van der Waals surface area contributed by atoms with Crippen LogP contribution in [0.2, 0.25) is 0 Å². The molecular weight excluding hydrogens is 637 g/mol. The molecule has 246 valence electrons. The van der Waals surface area contributed by atoms with E-state index in [1.54, 1.807) is 0 Å². The van der Waals surface area contributed by atoms with Gasteiger partial charge in [0.1, 0.15) is 12.5 Å². The summed E-state index contributed by atoms with van der Waals surface area (Å²) < 4.78 is 4.74. The molecule has 2 aromatic heterocycles. The summed E-state index contributed by atoms with van der Waals surface area (Å²) in [5.41, 5.74) is 13.7. The third-order valence-electron chi connectivity index (χ3n) is 10.3. The highest BCUT2D eigenvalue weighted by molar-refractivity contribution is 6.31. The summed E-state index contributed by atoms with van der Waals surface area (Å²) >= 11 is 0. The van der Waals surface area contributed by atoms with Crippen LogP contribution in [0.1, 0.15) is 46.2 Å². The average Bonchev–Trinajstić information content (AvgIpc) is 4.02. The molecule has 4 aromatic carbocycles. The highest BCUT2D eigenvalue weighted by Crippen LogP contribution is 2.41. The Bertz CT molecular complexity index is 2560. The maximum atomic E-state index is 13.1. The van der Waals surface area contributed by atoms with Crippen molar-refractivity contribution in [3.05, 3.63) is 226 Å². The van der Waals surface area contributed by atoms with E-state index in [2.05, 4.69) is 155 Å². The molecule has 6 bridgehead atoms. The number of hydrogen-bond donors (Lipinski definition) is 0. The maximum Gasteiger partial charge on any atom is 0.123 e. The van der Waals surface area contributed by atoms with Crippen molar-refractivity contribution in [3.63, 3.8) is 0 Å². The molecule has 0 radical (unpaired) electrons. The van der Waals surface area contributed by atoms with E-state index in [0.717, 1.165) is 95.7 Å². The van der Waals surface area contributed by atoms with Gasteiger partial charge in [0.25, 0.3) is 0 Å². The van der Waals surface area contributed by atoms with E-state index < -0.39 is 6.17 Å². The highest BCUT2D eigenvalue weighted by atomic mass is 16.1. The van der Waals surface area contributed by atoms with Gasteiger partial charge < -0.3 is 13.9 Å². The topological polar surface area (TPSA) is 51.6 Å². The molecule has 4 aliphatic heterocycles.